The fourth-order valence-corrected chi connectivity index (χ4v) is 1.53. The molecule has 0 saturated carbocycles. The van der Waals surface area contributed by atoms with Crippen molar-refractivity contribution < 1.29 is 11.0 Å². The van der Waals surface area contributed by atoms with E-state index >= 15 is 0 Å². The van der Waals surface area contributed by atoms with Crippen molar-refractivity contribution in [3.63, 3.8) is 0 Å². The van der Waals surface area contributed by atoms with Gasteiger partial charge in [-0.2, -0.15) is 0 Å². The molecule has 2 heterocycles. The Labute approximate surface area is 143 Å². The van der Waals surface area contributed by atoms with Crippen LogP contribution in [0.4, 0.5) is 0 Å². The van der Waals surface area contributed by atoms with Crippen molar-refractivity contribution >= 4 is 12.6 Å². The van der Waals surface area contributed by atoms with E-state index in [4.69, 9.17) is 4.74 Å². The van der Waals surface area contributed by atoms with E-state index in [1.54, 1.807) is 43.6 Å². The number of amides is 1. The number of allylic oxidation sites excluding steroid dienone is 1. The van der Waals surface area contributed by atoms with Gasteiger partial charge in [0.05, 0.1) is 18.0 Å². The minimum Gasteiger partial charge on any atom is -0.454 e. The summed E-state index contributed by atoms with van der Waals surface area (Å²) in [6.45, 7) is 9.38. The summed E-state index contributed by atoms with van der Waals surface area (Å²) in [5.41, 5.74) is 0.361. The lowest BCUT2D eigenvalue weighted by atomic mass is 10.2. The molecule has 1 amide bonds. The largest absolute Gasteiger partial charge is 0.454 e. The summed E-state index contributed by atoms with van der Waals surface area (Å²) in [5.74, 6) is 1.07. The highest BCUT2D eigenvalue weighted by Crippen LogP contribution is 2.20. The van der Waals surface area contributed by atoms with Gasteiger partial charge >= 0.3 is 0 Å². The van der Waals surface area contributed by atoms with Gasteiger partial charge in [0.25, 0.3) is 5.91 Å². The van der Waals surface area contributed by atoms with Crippen LogP contribution in [0.3, 0.4) is 0 Å². The average molecular weight is 328 g/mol. The first-order chi connectivity index (χ1) is 11.6. The summed E-state index contributed by atoms with van der Waals surface area (Å²) in [6.07, 6.45) is 9.09. The van der Waals surface area contributed by atoms with E-state index in [1.807, 2.05) is 0 Å². The molecule has 0 bridgehead atoms. The molecular formula is C18H24N4O2. The number of nitrogens with one attached hydrogen (secondary N) is 1. The molecule has 128 valence electrons. The first-order valence-electron chi connectivity index (χ1n) is 7.61. The van der Waals surface area contributed by atoms with Crippen molar-refractivity contribution in [2.24, 2.45) is 4.99 Å². The van der Waals surface area contributed by atoms with Crippen molar-refractivity contribution in [1.29, 1.82) is 0 Å². The van der Waals surface area contributed by atoms with Gasteiger partial charge in [0.15, 0.2) is 0 Å². The highest BCUT2D eigenvalue weighted by molar-refractivity contribution is 5.95. The van der Waals surface area contributed by atoms with Gasteiger partial charge in [-0.25, -0.2) is 4.99 Å². The summed E-state index contributed by atoms with van der Waals surface area (Å²) in [6, 6.07) is 5.11. The van der Waals surface area contributed by atoms with Gasteiger partial charge in [-0.1, -0.05) is 20.3 Å². The molecule has 1 N–H and O–H groups in total. The van der Waals surface area contributed by atoms with Crippen LogP contribution in [0.2, 0.25) is 0 Å². The summed E-state index contributed by atoms with van der Waals surface area (Å²) in [4.78, 5) is 23.6. The van der Waals surface area contributed by atoms with Crippen LogP contribution in [0, 0.1) is 0 Å². The van der Waals surface area contributed by atoms with Crippen LogP contribution in [0.1, 0.15) is 39.0 Å². The maximum absolute atomic E-state index is 12.0. The quantitative estimate of drug-likeness (QED) is 0.834. The topological polar surface area (TPSA) is 76.5 Å². The molecule has 2 rings (SSSR count). The van der Waals surface area contributed by atoms with Crippen molar-refractivity contribution in [3.05, 3.63) is 60.4 Å². The zero-order valence-electron chi connectivity index (χ0n) is 14.2. The monoisotopic (exact) mass is 328 g/mol. The second-order valence-corrected chi connectivity index (χ2v) is 4.69. The lowest BCUT2D eigenvalue weighted by Gasteiger charge is -2.07. The molecule has 24 heavy (non-hydrogen) atoms. The van der Waals surface area contributed by atoms with Crippen LogP contribution in [0.25, 0.3) is 0 Å². The smallest absolute Gasteiger partial charge is 0.258 e. The maximum atomic E-state index is 12.0. The van der Waals surface area contributed by atoms with E-state index in [0.29, 0.717) is 22.9 Å². The number of carbonyl (C=O) groups is 1. The van der Waals surface area contributed by atoms with E-state index in [9.17, 15) is 4.79 Å². The van der Waals surface area contributed by atoms with E-state index in [0.717, 1.165) is 0 Å². The Morgan fingerprint density at radius 3 is 2.62 bits per heavy atom. The molecule has 0 fully saturated rings. The zero-order valence-corrected chi connectivity index (χ0v) is 14.2. The predicted molar refractivity (Wildman–Crippen MR) is 97.4 cm³/mol. The van der Waals surface area contributed by atoms with Gasteiger partial charge in [-0.15, -0.1) is 0 Å². The van der Waals surface area contributed by atoms with Gasteiger partial charge in [0, 0.05) is 13.8 Å². The molecule has 0 radical (unpaired) electrons. The van der Waals surface area contributed by atoms with Crippen molar-refractivity contribution in [2.45, 2.75) is 27.2 Å². The Morgan fingerprint density at radius 2 is 2.04 bits per heavy atom. The maximum Gasteiger partial charge on any atom is 0.258 e. The first kappa shape index (κ1) is 19.0. The van der Waals surface area contributed by atoms with Crippen LogP contribution in [0.15, 0.2) is 59.9 Å². The number of aliphatic imine (C=N–C) groups is 1. The molecule has 0 unspecified atom stereocenters. The highest BCUT2D eigenvalue weighted by atomic mass is 16.5. The standard InChI is InChI=1S/C15H14N4O2.C3H8.H2/c1-3-14(16-2)19-15(20)11-7-13(10-18-8-11)21-12-5-4-6-17-9-12;1-3-2;/h3-10H,2H2,1H3,(H,19,20);3H2,1-2H3;1H/b14-3+;;. The van der Waals surface area contributed by atoms with Gasteiger partial charge in [0.1, 0.15) is 17.3 Å². The Bertz CT molecular complexity index is 690. The number of ether oxygens (including phenoxy) is 1. The van der Waals surface area contributed by atoms with Gasteiger partial charge in [-0.05, 0) is 37.9 Å². The second kappa shape index (κ2) is 10.7. The molecule has 0 aliphatic heterocycles. The summed E-state index contributed by atoms with van der Waals surface area (Å²) in [7, 11) is 0. The molecule has 2 aromatic heterocycles. The third-order valence-electron chi connectivity index (χ3n) is 2.53. The molecule has 0 spiro atoms. The highest BCUT2D eigenvalue weighted by Gasteiger charge is 2.09. The molecule has 6 heteroatoms. The number of nitrogens with zero attached hydrogens (tertiary/aromatic N) is 3. The average Bonchev–Trinajstić information content (AvgIpc) is 2.61. The van der Waals surface area contributed by atoms with Crippen LogP contribution in [0.5, 0.6) is 11.5 Å². The van der Waals surface area contributed by atoms with E-state index in [1.165, 1.54) is 18.8 Å². The number of carbonyl (C=O) groups excluding carboxylic acids is 1. The minimum atomic E-state index is -0.334. The molecule has 0 aromatic carbocycles. The number of pyridine rings is 2. The van der Waals surface area contributed by atoms with E-state index in [2.05, 4.69) is 40.8 Å². The fraction of sp³-hybridized carbons (Fsp3) is 0.222. The predicted octanol–water partition coefficient (Wildman–Crippen LogP) is 4.22. The third-order valence-corrected chi connectivity index (χ3v) is 2.53. The molecule has 6 nitrogen and oxygen atoms in total. The minimum absolute atomic E-state index is 0. The van der Waals surface area contributed by atoms with Crippen LogP contribution in [-0.2, 0) is 0 Å². The Hall–Kier alpha value is -3.02. The number of aromatic nitrogens is 2. The van der Waals surface area contributed by atoms with E-state index < -0.39 is 0 Å². The molecule has 0 aliphatic carbocycles. The van der Waals surface area contributed by atoms with Crippen LogP contribution >= 0.6 is 0 Å². The lowest BCUT2D eigenvalue weighted by Crippen LogP contribution is -2.21. The molecule has 2 aromatic rings. The zero-order chi connectivity index (χ0) is 17.8. The summed E-state index contributed by atoms with van der Waals surface area (Å²) in [5, 5.41) is 2.61. The summed E-state index contributed by atoms with van der Waals surface area (Å²) < 4.78 is 5.57. The fourth-order valence-electron chi connectivity index (χ4n) is 1.53. The number of hydrogen-bond acceptors (Lipinski definition) is 5. The van der Waals surface area contributed by atoms with Gasteiger partial charge in [0.2, 0.25) is 0 Å². The Kier molecular flexibility index (Phi) is 8.45. The lowest BCUT2D eigenvalue weighted by molar-refractivity contribution is 0.0964. The molecule has 0 atom stereocenters. The first-order valence-corrected chi connectivity index (χ1v) is 7.61. The molecule has 0 aliphatic rings. The number of rotatable bonds is 5. The normalized spacial score (nSPS) is 10.2. The van der Waals surface area contributed by atoms with Crippen molar-refractivity contribution in [3.8, 4) is 11.5 Å². The number of hydrogen-bond donors (Lipinski definition) is 1. The van der Waals surface area contributed by atoms with E-state index in [-0.39, 0.29) is 7.33 Å². The Morgan fingerprint density at radius 1 is 1.33 bits per heavy atom. The van der Waals surface area contributed by atoms with Crippen LogP contribution < -0.4 is 10.1 Å². The Balaban J connectivity index is 0.00000134. The molecular weight excluding hydrogens is 304 g/mol. The van der Waals surface area contributed by atoms with Crippen LogP contribution in [-0.4, -0.2) is 22.6 Å². The SMILES string of the molecule is C=N/C(=C\C)NC(=O)c1cncc(Oc2cccnc2)c1.CCC.[HH]. The van der Waals surface area contributed by atoms with Gasteiger partial charge in [-0.3, -0.25) is 14.8 Å². The van der Waals surface area contributed by atoms with Crippen molar-refractivity contribution in [1.82, 2.24) is 15.3 Å². The van der Waals surface area contributed by atoms with Gasteiger partial charge < -0.3 is 10.1 Å². The van der Waals surface area contributed by atoms with Crippen molar-refractivity contribution in [2.75, 3.05) is 0 Å². The third kappa shape index (κ3) is 6.39. The second-order valence-electron chi connectivity index (χ2n) is 4.69. The molecule has 0 saturated heterocycles. The summed E-state index contributed by atoms with van der Waals surface area (Å²) >= 11 is 0.